The number of nitrogens with one attached hydrogen (secondary N) is 1. The Morgan fingerprint density at radius 3 is 2.12 bits per heavy atom. The molecule has 0 radical (unpaired) electrons. The van der Waals surface area contributed by atoms with Crippen molar-refractivity contribution in [3.8, 4) is 0 Å². The molecule has 1 aliphatic carbocycles. The summed E-state index contributed by atoms with van der Waals surface area (Å²) in [5, 5.41) is 3.66. The number of piperidine rings is 1. The second-order valence-corrected chi connectivity index (χ2v) is 7.76. The first-order valence-corrected chi connectivity index (χ1v) is 10.5. The van der Waals surface area contributed by atoms with Crippen LogP contribution in [0.5, 0.6) is 0 Å². The number of nitrogens with zero attached hydrogens (tertiary/aromatic N) is 1. The van der Waals surface area contributed by atoms with Gasteiger partial charge in [0.15, 0.2) is 0 Å². The lowest BCUT2D eigenvalue weighted by atomic mass is 9.82. The van der Waals surface area contributed by atoms with Crippen LogP contribution < -0.4 is 11.1 Å². The number of para-hydroxylation sites is 2. The van der Waals surface area contributed by atoms with Crippen molar-refractivity contribution in [2.45, 2.75) is 90.1 Å². The molecule has 3 N–H and O–H groups in total. The zero-order valence-corrected chi connectivity index (χ0v) is 16.7. The third-order valence-corrected chi connectivity index (χ3v) is 6.01. The quantitative estimate of drug-likeness (QED) is 0.693. The predicted octanol–water partition coefficient (Wildman–Crippen LogP) is 5.67. The van der Waals surface area contributed by atoms with E-state index in [1.807, 2.05) is 26.0 Å². The number of benzene rings is 1. The molecular formula is C22H39N3. The van der Waals surface area contributed by atoms with Crippen LogP contribution in [0.1, 0.15) is 78.6 Å². The van der Waals surface area contributed by atoms with Crippen molar-refractivity contribution in [1.29, 1.82) is 0 Å². The van der Waals surface area contributed by atoms with Gasteiger partial charge >= 0.3 is 0 Å². The lowest BCUT2D eigenvalue weighted by molar-refractivity contribution is 0.0542. The van der Waals surface area contributed by atoms with Gasteiger partial charge in [0, 0.05) is 24.7 Å². The van der Waals surface area contributed by atoms with Crippen LogP contribution in [0.2, 0.25) is 0 Å². The average molecular weight is 346 g/mol. The minimum Gasteiger partial charge on any atom is -0.397 e. The van der Waals surface area contributed by atoms with Crippen LogP contribution in [-0.2, 0) is 0 Å². The second-order valence-electron chi connectivity index (χ2n) is 7.76. The Kier molecular flexibility index (Phi) is 8.08. The molecule has 1 saturated carbocycles. The van der Waals surface area contributed by atoms with Gasteiger partial charge in [-0.1, -0.05) is 58.1 Å². The SMILES string of the molecule is CC.CC1(N2CCC(Nc3ccccc3N)CC2)CCCCCCC1. The van der Waals surface area contributed by atoms with E-state index in [2.05, 4.69) is 29.3 Å². The number of hydrogen-bond donors (Lipinski definition) is 2. The van der Waals surface area contributed by atoms with E-state index in [0.717, 1.165) is 11.4 Å². The molecule has 1 heterocycles. The lowest BCUT2D eigenvalue weighted by Crippen LogP contribution is -2.52. The molecule has 142 valence electrons. The van der Waals surface area contributed by atoms with E-state index in [1.54, 1.807) is 0 Å². The molecule has 0 atom stereocenters. The number of hydrogen-bond acceptors (Lipinski definition) is 3. The first kappa shape index (κ1) is 20.1. The first-order valence-electron chi connectivity index (χ1n) is 10.5. The highest BCUT2D eigenvalue weighted by Crippen LogP contribution is 2.34. The first-order chi connectivity index (χ1) is 12.2. The van der Waals surface area contributed by atoms with Crippen molar-refractivity contribution < 1.29 is 0 Å². The summed E-state index contributed by atoms with van der Waals surface area (Å²) in [7, 11) is 0. The smallest absolute Gasteiger partial charge is 0.0576 e. The Balaban J connectivity index is 0.00000109. The molecule has 3 nitrogen and oxygen atoms in total. The monoisotopic (exact) mass is 345 g/mol. The van der Waals surface area contributed by atoms with E-state index < -0.39 is 0 Å². The van der Waals surface area contributed by atoms with Crippen LogP contribution >= 0.6 is 0 Å². The van der Waals surface area contributed by atoms with Crippen molar-refractivity contribution in [3.05, 3.63) is 24.3 Å². The van der Waals surface area contributed by atoms with E-state index >= 15 is 0 Å². The van der Waals surface area contributed by atoms with E-state index in [9.17, 15) is 0 Å². The van der Waals surface area contributed by atoms with E-state index in [1.165, 1.54) is 70.9 Å². The fourth-order valence-electron chi connectivity index (χ4n) is 4.40. The molecule has 1 saturated heterocycles. The Morgan fingerprint density at radius 2 is 1.52 bits per heavy atom. The third kappa shape index (κ3) is 5.64. The van der Waals surface area contributed by atoms with Crippen molar-refractivity contribution >= 4 is 11.4 Å². The molecular weight excluding hydrogens is 306 g/mol. The van der Waals surface area contributed by atoms with Gasteiger partial charge in [-0.3, -0.25) is 4.90 Å². The van der Waals surface area contributed by atoms with Gasteiger partial charge in [-0.25, -0.2) is 0 Å². The summed E-state index contributed by atoms with van der Waals surface area (Å²) in [6, 6.07) is 8.69. The van der Waals surface area contributed by atoms with Crippen LogP contribution in [0.25, 0.3) is 0 Å². The third-order valence-electron chi connectivity index (χ3n) is 6.01. The van der Waals surface area contributed by atoms with Crippen LogP contribution in [0.15, 0.2) is 24.3 Å². The molecule has 3 rings (SSSR count). The minimum absolute atomic E-state index is 0.442. The molecule has 0 amide bonds. The Bertz CT molecular complexity index is 484. The van der Waals surface area contributed by atoms with Crippen molar-refractivity contribution in [2.75, 3.05) is 24.1 Å². The largest absolute Gasteiger partial charge is 0.397 e. The molecule has 2 fully saturated rings. The summed E-state index contributed by atoms with van der Waals surface area (Å²) < 4.78 is 0. The number of rotatable bonds is 3. The van der Waals surface area contributed by atoms with Gasteiger partial charge in [-0.05, 0) is 44.7 Å². The highest BCUT2D eigenvalue weighted by Gasteiger charge is 2.34. The van der Waals surface area contributed by atoms with Gasteiger partial charge < -0.3 is 11.1 Å². The van der Waals surface area contributed by atoms with E-state index in [0.29, 0.717) is 11.6 Å². The van der Waals surface area contributed by atoms with Crippen molar-refractivity contribution in [2.24, 2.45) is 0 Å². The van der Waals surface area contributed by atoms with Crippen LogP contribution in [0.3, 0.4) is 0 Å². The number of nitrogen functional groups attached to an aromatic ring is 1. The standard InChI is InChI=1S/C20H33N3.C2H6/c1-20(13-7-3-2-4-8-14-20)23-15-11-17(12-16-23)22-19-10-6-5-9-18(19)21;1-2/h5-6,9-10,17,22H,2-4,7-8,11-16,21H2,1H3;1-2H3. The molecule has 1 aliphatic heterocycles. The minimum atomic E-state index is 0.442. The fourth-order valence-corrected chi connectivity index (χ4v) is 4.40. The van der Waals surface area contributed by atoms with E-state index in [-0.39, 0.29) is 0 Å². The maximum Gasteiger partial charge on any atom is 0.0576 e. The van der Waals surface area contributed by atoms with Crippen molar-refractivity contribution in [1.82, 2.24) is 4.90 Å². The molecule has 0 unspecified atom stereocenters. The normalized spacial score (nSPS) is 22.2. The van der Waals surface area contributed by atoms with Crippen LogP contribution in [0, 0.1) is 0 Å². The average Bonchev–Trinajstić information content (AvgIpc) is 2.63. The summed E-state index contributed by atoms with van der Waals surface area (Å²) >= 11 is 0. The zero-order chi connectivity index (χ0) is 18.1. The lowest BCUT2D eigenvalue weighted by Gasteiger charge is -2.46. The molecule has 2 aliphatic rings. The van der Waals surface area contributed by atoms with Gasteiger partial charge in [0.25, 0.3) is 0 Å². The number of anilines is 2. The summed E-state index contributed by atoms with van der Waals surface area (Å²) in [5.74, 6) is 0. The fraction of sp³-hybridized carbons (Fsp3) is 0.727. The number of nitrogens with two attached hydrogens (primary N) is 1. The Labute approximate surface area is 155 Å². The Hall–Kier alpha value is -1.22. The highest BCUT2D eigenvalue weighted by molar-refractivity contribution is 5.65. The maximum atomic E-state index is 6.06. The summed E-state index contributed by atoms with van der Waals surface area (Å²) in [5.41, 5.74) is 8.47. The molecule has 25 heavy (non-hydrogen) atoms. The molecule has 0 bridgehead atoms. The topological polar surface area (TPSA) is 41.3 Å². The summed E-state index contributed by atoms with van der Waals surface area (Å²) in [4.78, 5) is 2.78. The van der Waals surface area contributed by atoms with Gasteiger partial charge in [0.05, 0.1) is 11.4 Å². The van der Waals surface area contributed by atoms with Gasteiger partial charge in [0.2, 0.25) is 0 Å². The molecule has 1 aromatic carbocycles. The molecule has 0 aromatic heterocycles. The molecule has 3 heteroatoms. The van der Waals surface area contributed by atoms with Crippen molar-refractivity contribution in [3.63, 3.8) is 0 Å². The van der Waals surface area contributed by atoms with Crippen LogP contribution in [-0.4, -0.2) is 29.6 Å². The second kappa shape index (κ2) is 10.1. The van der Waals surface area contributed by atoms with Crippen LogP contribution in [0.4, 0.5) is 11.4 Å². The van der Waals surface area contributed by atoms with E-state index in [4.69, 9.17) is 5.73 Å². The molecule has 0 spiro atoms. The summed E-state index contributed by atoms with van der Waals surface area (Å²) in [6.45, 7) is 8.96. The van der Waals surface area contributed by atoms with Gasteiger partial charge in [-0.2, -0.15) is 0 Å². The van der Waals surface area contributed by atoms with Gasteiger partial charge in [-0.15, -0.1) is 0 Å². The molecule has 1 aromatic rings. The van der Waals surface area contributed by atoms with Gasteiger partial charge in [0.1, 0.15) is 0 Å². The summed E-state index contributed by atoms with van der Waals surface area (Å²) in [6.07, 6.45) is 12.4. The maximum absolute atomic E-state index is 6.06. The predicted molar refractivity (Wildman–Crippen MR) is 111 cm³/mol. The highest BCUT2D eigenvalue weighted by atomic mass is 15.2. The Morgan fingerprint density at radius 1 is 0.960 bits per heavy atom. The number of likely N-dealkylation sites (tertiary alicyclic amines) is 1. The zero-order valence-electron chi connectivity index (χ0n) is 16.7.